The van der Waals surface area contributed by atoms with Gasteiger partial charge in [-0.3, -0.25) is 0 Å². The monoisotopic (exact) mass is 164 g/mol. The molecule has 0 bridgehead atoms. The summed E-state index contributed by atoms with van der Waals surface area (Å²) in [7, 11) is 0. The van der Waals surface area contributed by atoms with Crippen molar-refractivity contribution in [3.05, 3.63) is 24.3 Å². The number of H-pyrrole nitrogens is 1. The number of hydrogen-bond acceptors (Lipinski definition) is 1. The van der Waals surface area contributed by atoms with Crippen LogP contribution in [-0.2, 0) is 6.42 Å². The second kappa shape index (κ2) is 4.75. The molecule has 1 aromatic rings. The molecule has 12 heavy (non-hydrogen) atoms. The Morgan fingerprint density at radius 3 is 3.00 bits per heavy atom. The van der Waals surface area contributed by atoms with Gasteiger partial charge in [0.05, 0.1) is 11.9 Å². The predicted octanol–water partition coefficient (Wildman–Crippen LogP) is 2.79. The molecular weight excluding hydrogens is 148 g/mol. The van der Waals surface area contributed by atoms with E-state index in [0.29, 0.717) is 0 Å². The van der Waals surface area contributed by atoms with E-state index >= 15 is 0 Å². The molecule has 1 aromatic heterocycles. The Bertz CT molecular complexity index is 238. The van der Waals surface area contributed by atoms with Gasteiger partial charge in [0.2, 0.25) is 0 Å². The molecule has 1 rings (SSSR count). The van der Waals surface area contributed by atoms with Crippen molar-refractivity contribution in [3.63, 3.8) is 0 Å². The Balaban J connectivity index is 2.36. The van der Waals surface area contributed by atoms with E-state index in [9.17, 15) is 0 Å². The van der Waals surface area contributed by atoms with Crippen molar-refractivity contribution in [1.29, 1.82) is 0 Å². The standard InChI is InChI=1S/C10H16N2/c1-3-5-6-7-10-11-8-9(4-2)12-10/h4,8H,2-3,5-7H2,1H3,(H,11,12). The van der Waals surface area contributed by atoms with Gasteiger partial charge in [-0.1, -0.05) is 26.3 Å². The zero-order valence-corrected chi connectivity index (χ0v) is 7.64. The van der Waals surface area contributed by atoms with Crippen molar-refractivity contribution in [2.75, 3.05) is 0 Å². The normalized spacial score (nSPS) is 10.1. The minimum atomic E-state index is 1.02. The largest absolute Gasteiger partial charge is 0.343 e. The van der Waals surface area contributed by atoms with E-state index in [2.05, 4.69) is 23.5 Å². The number of aromatic nitrogens is 2. The Morgan fingerprint density at radius 1 is 1.58 bits per heavy atom. The molecule has 0 aliphatic carbocycles. The highest BCUT2D eigenvalue weighted by Crippen LogP contribution is 2.04. The number of aryl methyl sites for hydroxylation is 1. The van der Waals surface area contributed by atoms with E-state index in [1.807, 2.05) is 6.20 Å². The molecule has 0 spiro atoms. The number of aromatic amines is 1. The summed E-state index contributed by atoms with van der Waals surface area (Å²) in [4.78, 5) is 7.42. The number of nitrogens with zero attached hydrogens (tertiary/aromatic N) is 1. The number of unbranched alkanes of at least 4 members (excludes halogenated alkanes) is 2. The predicted molar refractivity (Wildman–Crippen MR) is 51.9 cm³/mol. The first kappa shape index (κ1) is 9.04. The van der Waals surface area contributed by atoms with Crippen LogP contribution in [0.5, 0.6) is 0 Å². The first-order valence-electron chi connectivity index (χ1n) is 4.53. The maximum atomic E-state index is 4.23. The summed E-state index contributed by atoms with van der Waals surface area (Å²) in [5.41, 5.74) is 1.02. The van der Waals surface area contributed by atoms with Crippen molar-refractivity contribution in [2.45, 2.75) is 32.6 Å². The highest BCUT2D eigenvalue weighted by molar-refractivity contribution is 5.39. The van der Waals surface area contributed by atoms with E-state index in [1.54, 1.807) is 6.08 Å². The molecule has 0 atom stereocenters. The molecular formula is C10H16N2. The first-order chi connectivity index (χ1) is 5.86. The summed E-state index contributed by atoms with van der Waals surface area (Å²) in [6.45, 7) is 5.88. The quantitative estimate of drug-likeness (QED) is 0.666. The van der Waals surface area contributed by atoms with Crippen LogP contribution >= 0.6 is 0 Å². The van der Waals surface area contributed by atoms with Crippen molar-refractivity contribution < 1.29 is 0 Å². The molecule has 2 nitrogen and oxygen atoms in total. The van der Waals surface area contributed by atoms with Crippen LogP contribution in [0.25, 0.3) is 6.08 Å². The zero-order valence-electron chi connectivity index (χ0n) is 7.64. The molecule has 0 saturated heterocycles. The van der Waals surface area contributed by atoms with Gasteiger partial charge in [0.1, 0.15) is 5.82 Å². The summed E-state index contributed by atoms with van der Waals surface area (Å²) in [6, 6.07) is 0. The maximum Gasteiger partial charge on any atom is 0.106 e. The summed E-state index contributed by atoms with van der Waals surface area (Å²) in [5, 5.41) is 0. The van der Waals surface area contributed by atoms with Gasteiger partial charge >= 0.3 is 0 Å². The molecule has 1 N–H and O–H groups in total. The number of rotatable bonds is 5. The summed E-state index contributed by atoms with van der Waals surface area (Å²) in [6.07, 6.45) is 8.44. The molecule has 0 saturated carbocycles. The third-order valence-electron chi connectivity index (χ3n) is 1.89. The molecule has 66 valence electrons. The zero-order chi connectivity index (χ0) is 8.81. The fourth-order valence-electron chi connectivity index (χ4n) is 1.15. The van der Waals surface area contributed by atoms with Crippen molar-refractivity contribution in [2.24, 2.45) is 0 Å². The second-order valence-corrected chi connectivity index (χ2v) is 2.95. The molecule has 0 amide bonds. The Hall–Kier alpha value is -1.05. The van der Waals surface area contributed by atoms with Crippen molar-refractivity contribution in [3.8, 4) is 0 Å². The minimum Gasteiger partial charge on any atom is -0.343 e. The van der Waals surface area contributed by atoms with Gasteiger partial charge in [-0.25, -0.2) is 4.98 Å². The molecule has 0 aliphatic rings. The van der Waals surface area contributed by atoms with E-state index in [0.717, 1.165) is 17.9 Å². The molecule has 0 aliphatic heterocycles. The Kier molecular flexibility index (Phi) is 3.58. The van der Waals surface area contributed by atoms with Gasteiger partial charge in [-0.2, -0.15) is 0 Å². The van der Waals surface area contributed by atoms with Gasteiger partial charge < -0.3 is 4.98 Å². The smallest absolute Gasteiger partial charge is 0.106 e. The molecule has 2 heteroatoms. The van der Waals surface area contributed by atoms with E-state index in [4.69, 9.17) is 0 Å². The summed E-state index contributed by atoms with van der Waals surface area (Å²) < 4.78 is 0. The van der Waals surface area contributed by atoms with Gasteiger partial charge in [-0.05, 0) is 12.5 Å². The molecule has 0 aromatic carbocycles. The second-order valence-electron chi connectivity index (χ2n) is 2.95. The van der Waals surface area contributed by atoms with Crippen LogP contribution in [-0.4, -0.2) is 9.97 Å². The lowest BCUT2D eigenvalue weighted by molar-refractivity contribution is 0.699. The SMILES string of the molecule is C=Cc1cnc(CCCCC)[nH]1. The minimum absolute atomic E-state index is 1.02. The third kappa shape index (κ3) is 2.53. The first-order valence-corrected chi connectivity index (χ1v) is 4.53. The van der Waals surface area contributed by atoms with Gasteiger partial charge in [0.25, 0.3) is 0 Å². The fourth-order valence-corrected chi connectivity index (χ4v) is 1.15. The van der Waals surface area contributed by atoms with Crippen molar-refractivity contribution >= 4 is 6.08 Å². The van der Waals surface area contributed by atoms with Crippen molar-refractivity contribution in [1.82, 2.24) is 9.97 Å². The molecule has 0 fully saturated rings. The Labute approximate surface area is 73.7 Å². The van der Waals surface area contributed by atoms with E-state index < -0.39 is 0 Å². The van der Waals surface area contributed by atoms with Crippen LogP contribution < -0.4 is 0 Å². The highest BCUT2D eigenvalue weighted by Gasteiger charge is 1.96. The summed E-state index contributed by atoms with van der Waals surface area (Å²) in [5.74, 6) is 1.08. The molecule has 1 heterocycles. The van der Waals surface area contributed by atoms with Gasteiger partial charge in [-0.15, -0.1) is 0 Å². The number of hydrogen-bond donors (Lipinski definition) is 1. The van der Waals surface area contributed by atoms with Crippen LogP contribution in [0.15, 0.2) is 12.8 Å². The van der Waals surface area contributed by atoms with E-state index in [1.165, 1.54) is 19.3 Å². The number of nitrogens with one attached hydrogen (secondary N) is 1. The summed E-state index contributed by atoms with van der Waals surface area (Å²) >= 11 is 0. The van der Waals surface area contributed by atoms with Gasteiger partial charge in [0.15, 0.2) is 0 Å². The van der Waals surface area contributed by atoms with Crippen LogP contribution in [0.3, 0.4) is 0 Å². The van der Waals surface area contributed by atoms with Crippen LogP contribution in [0.1, 0.15) is 37.7 Å². The molecule has 0 unspecified atom stereocenters. The van der Waals surface area contributed by atoms with Crippen LogP contribution in [0.2, 0.25) is 0 Å². The Morgan fingerprint density at radius 2 is 2.42 bits per heavy atom. The molecule has 0 radical (unpaired) electrons. The topological polar surface area (TPSA) is 28.7 Å². The van der Waals surface area contributed by atoms with Crippen LogP contribution in [0.4, 0.5) is 0 Å². The average molecular weight is 164 g/mol. The van der Waals surface area contributed by atoms with E-state index in [-0.39, 0.29) is 0 Å². The lowest BCUT2D eigenvalue weighted by Crippen LogP contribution is -1.87. The lowest BCUT2D eigenvalue weighted by Gasteiger charge is -1.94. The fraction of sp³-hybridized carbons (Fsp3) is 0.500. The number of imidazole rings is 1. The lowest BCUT2D eigenvalue weighted by atomic mass is 10.2. The van der Waals surface area contributed by atoms with Crippen LogP contribution in [0, 0.1) is 0 Å². The average Bonchev–Trinajstić information content (AvgIpc) is 2.53. The maximum absolute atomic E-state index is 4.23. The highest BCUT2D eigenvalue weighted by atomic mass is 14.9. The van der Waals surface area contributed by atoms with Gasteiger partial charge in [0, 0.05) is 6.42 Å². The third-order valence-corrected chi connectivity index (χ3v) is 1.89.